The molecule has 1 N–H and O–H groups in total. The standard InChI is InChI=1S/C17H23F3N2O3/c18-17(19,20)25-14-4-2-13(3-5-14)10-21-6-1-7-22(9-8-21)15-11-24-12-16(15)23/h2-5,15-16,23H,1,6-12H2/t15-,16-/m0/s1. The lowest BCUT2D eigenvalue weighted by Crippen LogP contribution is -2.44. The first-order valence-electron chi connectivity index (χ1n) is 8.47. The van der Waals surface area contributed by atoms with E-state index in [0.29, 0.717) is 19.8 Å². The molecule has 2 heterocycles. The highest BCUT2D eigenvalue weighted by molar-refractivity contribution is 5.27. The van der Waals surface area contributed by atoms with Crippen LogP contribution in [0.15, 0.2) is 24.3 Å². The van der Waals surface area contributed by atoms with Crippen LogP contribution in [0, 0.1) is 0 Å². The van der Waals surface area contributed by atoms with Crippen LogP contribution in [0.3, 0.4) is 0 Å². The van der Waals surface area contributed by atoms with Gasteiger partial charge in [0.2, 0.25) is 0 Å². The fourth-order valence-electron chi connectivity index (χ4n) is 3.42. The van der Waals surface area contributed by atoms with E-state index in [1.54, 1.807) is 12.1 Å². The molecule has 0 aromatic heterocycles. The van der Waals surface area contributed by atoms with Crippen molar-refractivity contribution >= 4 is 0 Å². The van der Waals surface area contributed by atoms with Gasteiger partial charge in [0.05, 0.1) is 25.4 Å². The molecule has 0 spiro atoms. The Balaban J connectivity index is 1.51. The Morgan fingerprint density at radius 1 is 1.08 bits per heavy atom. The maximum absolute atomic E-state index is 12.2. The van der Waals surface area contributed by atoms with Crippen LogP contribution in [0.5, 0.6) is 5.75 Å². The molecule has 140 valence electrons. The Hall–Kier alpha value is -1.35. The minimum Gasteiger partial charge on any atom is -0.406 e. The van der Waals surface area contributed by atoms with Crippen LogP contribution in [0.1, 0.15) is 12.0 Å². The first-order valence-corrected chi connectivity index (χ1v) is 8.47. The second-order valence-corrected chi connectivity index (χ2v) is 6.53. The fourth-order valence-corrected chi connectivity index (χ4v) is 3.42. The number of hydrogen-bond acceptors (Lipinski definition) is 5. The lowest BCUT2D eigenvalue weighted by molar-refractivity contribution is -0.274. The third kappa shape index (κ3) is 5.31. The van der Waals surface area contributed by atoms with Crippen molar-refractivity contribution in [3.63, 3.8) is 0 Å². The quantitative estimate of drug-likeness (QED) is 0.888. The van der Waals surface area contributed by atoms with Gasteiger partial charge < -0.3 is 14.6 Å². The predicted octanol–water partition coefficient (Wildman–Crippen LogP) is 1.85. The van der Waals surface area contributed by atoms with E-state index in [-0.39, 0.29) is 11.8 Å². The highest BCUT2D eigenvalue weighted by Gasteiger charge is 2.33. The molecule has 5 nitrogen and oxygen atoms in total. The zero-order valence-electron chi connectivity index (χ0n) is 13.9. The summed E-state index contributed by atoms with van der Waals surface area (Å²) in [6.45, 7) is 5.19. The van der Waals surface area contributed by atoms with Gasteiger partial charge in [0.15, 0.2) is 0 Å². The molecule has 2 aliphatic heterocycles. The van der Waals surface area contributed by atoms with Gasteiger partial charge in [0.25, 0.3) is 0 Å². The largest absolute Gasteiger partial charge is 0.573 e. The molecule has 3 rings (SSSR count). The highest BCUT2D eigenvalue weighted by atomic mass is 19.4. The van der Waals surface area contributed by atoms with E-state index in [1.165, 1.54) is 12.1 Å². The molecule has 8 heteroatoms. The van der Waals surface area contributed by atoms with E-state index in [2.05, 4.69) is 14.5 Å². The van der Waals surface area contributed by atoms with E-state index >= 15 is 0 Å². The van der Waals surface area contributed by atoms with Crippen molar-refractivity contribution < 1.29 is 27.8 Å². The maximum Gasteiger partial charge on any atom is 0.573 e. The van der Waals surface area contributed by atoms with E-state index in [1.807, 2.05) is 0 Å². The number of halogens is 3. The molecular weight excluding hydrogens is 337 g/mol. The Morgan fingerprint density at radius 3 is 2.48 bits per heavy atom. The molecule has 0 radical (unpaired) electrons. The summed E-state index contributed by atoms with van der Waals surface area (Å²) in [5.41, 5.74) is 0.951. The van der Waals surface area contributed by atoms with Gasteiger partial charge in [-0.25, -0.2) is 0 Å². The number of rotatable bonds is 4. The number of nitrogens with zero attached hydrogens (tertiary/aromatic N) is 2. The molecule has 0 aliphatic carbocycles. The molecule has 2 atom stereocenters. The maximum atomic E-state index is 12.2. The number of alkyl halides is 3. The van der Waals surface area contributed by atoms with Crippen molar-refractivity contribution in [2.24, 2.45) is 0 Å². The molecule has 25 heavy (non-hydrogen) atoms. The van der Waals surface area contributed by atoms with Crippen LogP contribution in [0.25, 0.3) is 0 Å². The van der Waals surface area contributed by atoms with Gasteiger partial charge in [-0.05, 0) is 37.2 Å². The summed E-state index contributed by atoms with van der Waals surface area (Å²) in [6.07, 6.45) is -4.10. The SMILES string of the molecule is O[C@H]1COC[C@@H]1N1CCCN(Cc2ccc(OC(F)(F)F)cc2)CC1. The minimum atomic E-state index is -4.66. The molecule has 0 unspecified atom stereocenters. The third-order valence-corrected chi connectivity index (χ3v) is 4.68. The zero-order chi connectivity index (χ0) is 17.9. The van der Waals surface area contributed by atoms with Crippen molar-refractivity contribution in [2.75, 3.05) is 39.4 Å². The lowest BCUT2D eigenvalue weighted by atomic mass is 10.2. The Kier molecular flexibility index (Phi) is 5.83. The predicted molar refractivity (Wildman–Crippen MR) is 85.2 cm³/mol. The molecule has 2 fully saturated rings. The second-order valence-electron chi connectivity index (χ2n) is 6.53. The first kappa shape index (κ1) is 18.4. The van der Waals surface area contributed by atoms with Crippen molar-refractivity contribution in [3.05, 3.63) is 29.8 Å². The zero-order valence-corrected chi connectivity index (χ0v) is 13.9. The third-order valence-electron chi connectivity index (χ3n) is 4.68. The van der Waals surface area contributed by atoms with Gasteiger partial charge in [-0.15, -0.1) is 13.2 Å². The second kappa shape index (κ2) is 7.90. The van der Waals surface area contributed by atoms with E-state index in [9.17, 15) is 18.3 Å². The number of hydrogen-bond donors (Lipinski definition) is 1. The van der Waals surface area contributed by atoms with Gasteiger partial charge in [0.1, 0.15) is 5.75 Å². The van der Waals surface area contributed by atoms with Crippen molar-refractivity contribution in [2.45, 2.75) is 31.5 Å². The van der Waals surface area contributed by atoms with E-state index in [0.717, 1.165) is 38.2 Å². The highest BCUT2D eigenvalue weighted by Crippen LogP contribution is 2.23. The number of aliphatic hydroxyl groups is 1. The number of ether oxygens (including phenoxy) is 2. The summed E-state index contributed by atoms with van der Waals surface area (Å²) < 4.78 is 45.8. The molecule has 2 saturated heterocycles. The summed E-state index contributed by atoms with van der Waals surface area (Å²) in [7, 11) is 0. The van der Waals surface area contributed by atoms with Crippen LogP contribution in [0.4, 0.5) is 13.2 Å². The fraction of sp³-hybridized carbons (Fsp3) is 0.647. The van der Waals surface area contributed by atoms with Gasteiger partial charge in [-0.3, -0.25) is 9.80 Å². The molecule has 0 amide bonds. The molecular formula is C17H23F3N2O3. The molecule has 1 aromatic rings. The smallest absolute Gasteiger partial charge is 0.406 e. The number of aliphatic hydroxyl groups excluding tert-OH is 1. The number of benzene rings is 1. The minimum absolute atomic E-state index is 0.0683. The van der Waals surface area contributed by atoms with Crippen molar-refractivity contribution in [1.29, 1.82) is 0 Å². The molecule has 2 aliphatic rings. The summed E-state index contributed by atoms with van der Waals surface area (Å²) in [5, 5.41) is 9.97. The van der Waals surface area contributed by atoms with Crippen molar-refractivity contribution in [3.8, 4) is 5.75 Å². The van der Waals surface area contributed by atoms with Crippen LogP contribution >= 0.6 is 0 Å². The summed E-state index contributed by atoms with van der Waals surface area (Å²) in [4.78, 5) is 4.56. The average Bonchev–Trinajstić information content (AvgIpc) is 2.83. The van der Waals surface area contributed by atoms with Crippen LogP contribution in [-0.2, 0) is 11.3 Å². The first-order chi connectivity index (χ1) is 11.9. The van der Waals surface area contributed by atoms with Gasteiger partial charge in [0, 0.05) is 19.6 Å². The summed E-state index contributed by atoms with van der Waals surface area (Å²) >= 11 is 0. The van der Waals surface area contributed by atoms with Gasteiger partial charge >= 0.3 is 6.36 Å². The molecule has 1 aromatic carbocycles. The lowest BCUT2D eigenvalue weighted by Gasteiger charge is -2.28. The Labute approximate surface area is 144 Å². The topological polar surface area (TPSA) is 45.2 Å². The van der Waals surface area contributed by atoms with Crippen LogP contribution in [-0.4, -0.2) is 72.8 Å². The Morgan fingerprint density at radius 2 is 1.84 bits per heavy atom. The molecule has 0 bridgehead atoms. The van der Waals surface area contributed by atoms with Gasteiger partial charge in [-0.1, -0.05) is 12.1 Å². The summed E-state index contributed by atoms with van der Waals surface area (Å²) in [5.74, 6) is -0.200. The monoisotopic (exact) mass is 360 g/mol. The average molecular weight is 360 g/mol. The van der Waals surface area contributed by atoms with Gasteiger partial charge in [-0.2, -0.15) is 0 Å². The van der Waals surface area contributed by atoms with Crippen LogP contribution in [0.2, 0.25) is 0 Å². The van der Waals surface area contributed by atoms with Crippen molar-refractivity contribution in [1.82, 2.24) is 9.80 Å². The van der Waals surface area contributed by atoms with E-state index in [4.69, 9.17) is 4.74 Å². The summed E-state index contributed by atoms with van der Waals surface area (Å²) in [6, 6.07) is 6.09. The molecule has 0 saturated carbocycles. The normalized spacial score (nSPS) is 26.6. The van der Waals surface area contributed by atoms with Crippen LogP contribution < -0.4 is 4.74 Å². The van der Waals surface area contributed by atoms with E-state index < -0.39 is 12.5 Å². The Bertz CT molecular complexity index is 553.